The molecule has 0 fully saturated rings. The summed E-state index contributed by atoms with van der Waals surface area (Å²) in [6.07, 6.45) is 4.86. The summed E-state index contributed by atoms with van der Waals surface area (Å²) in [5.41, 5.74) is 0.515. The van der Waals surface area contributed by atoms with Gasteiger partial charge in [-0.3, -0.25) is 4.68 Å². The second kappa shape index (κ2) is 6.10. The Balaban J connectivity index is 2.48. The Morgan fingerprint density at radius 1 is 1.32 bits per heavy atom. The lowest BCUT2D eigenvalue weighted by molar-refractivity contribution is -0.115. The van der Waals surface area contributed by atoms with Gasteiger partial charge in [0, 0.05) is 20.4 Å². The van der Waals surface area contributed by atoms with Crippen LogP contribution >= 0.6 is 0 Å². The fourth-order valence-corrected chi connectivity index (χ4v) is 1.67. The molecule has 5 heteroatoms. The zero-order chi connectivity index (χ0) is 14.7. The van der Waals surface area contributed by atoms with Crippen molar-refractivity contribution >= 4 is 7.48 Å². The van der Waals surface area contributed by atoms with E-state index in [0.717, 1.165) is 6.42 Å². The van der Waals surface area contributed by atoms with E-state index in [1.54, 1.807) is 7.11 Å². The molecule has 0 aromatic carbocycles. The normalized spacial score (nSPS) is 14.5. The van der Waals surface area contributed by atoms with E-state index in [9.17, 15) is 0 Å². The predicted octanol–water partition coefficient (Wildman–Crippen LogP) is 2.61. The van der Waals surface area contributed by atoms with E-state index < -0.39 is 0 Å². The highest BCUT2D eigenvalue weighted by Crippen LogP contribution is 2.29. The van der Waals surface area contributed by atoms with Crippen molar-refractivity contribution in [2.45, 2.75) is 58.1 Å². The smallest absolute Gasteiger partial charge is 0.296 e. The first-order valence-corrected chi connectivity index (χ1v) is 6.72. The van der Waals surface area contributed by atoms with E-state index in [1.807, 2.05) is 59.3 Å². The van der Waals surface area contributed by atoms with Crippen molar-refractivity contribution in [3.8, 4) is 0 Å². The third-order valence-electron chi connectivity index (χ3n) is 3.87. The molecule has 1 radical (unpaired) electrons. The Labute approximate surface area is 117 Å². The Hall–Kier alpha value is -0.805. The van der Waals surface area contributed by atoms with Crippen LogP contribution in [-0.2, 0) is 22.9 Å². The molecule has 4 nitrogen and oxygen atoms in total. The second-order valence-corrected chi connectivity index (χ2v) is 6.18. The Morgan fingerprint density at radius 3 is 2.42 bits per heavy atom. The highest BCUT2D eigenvalue weighted by Gasteiger charge is 2.38. The maximum Gasteiger partial charge on any atom is 0.296 e. The van der Waals surface area contributed by atoms with Gasteiger partial charge in [-0.05, 0) is 45.5 Å². The minimum atomic E-state index is -0.370. The molecule has 1 aromatic rings. The van der Waals surface area contributed by atoms with Gasteiger partial charge in [0.25, 0.3) is 7.48 Å². The maximum atomic E-state index is 5.95. The SMILES string of the molecule is COC(C)(C)C(C)(C)O[B]C(C)Cc1cnn(C)c1. The zero-order valence-electron chi connectivity index (χ0n) is 13.2. The lowest BCUT2D eigenvalue weighted by atomic mass is 9.76. The van der Waals surface area contributed by atoms with Crippen molar-refractivity contribution in [1.29, 1.82) is 0 Å². The standard InChI is InChI=1S/C14H26BN2O2/c1-11(8-12-9-16-17(6)10-12)15-19-14(4,5)13(2,3)18-7/h9-11H,8H2,1-7H3. The summed E-state index contributed by atoms with van der Waals surface area (Å²) in [6, 6.07) is 0. The third kappa shape index (κ3) is 4.35. The van der Waals surface area contributed by atoms with E-state index in [0.29, 0.717) is 5.82 Å². The first-order valence-electron chi connectivity index (χ1n) is 6.72. The fraction of sp³-hybridized carbons (Fsp3) is 0.786. The number of aryl methyl sites for hydroxylation is 1. The largest absolute Gasteiger partial charge is 0.433 e. The third-order valence-corrected chi connectivity index (χ3v) is 3.87. The zero-order valence-corrected chi connectivity index (χ0v) is 13.2. The Morgan fingerprint density at radius 2 is 1.95 bits per heavy atom. The number of nitrogens with zero attached hydrogens (tertiary/aromatic N) is 2. The van der Waals surface area contributed by atoms with Crippen molar-refractivity contribution in [2.75, 3.05) is 7.11 Å². The van der Waals surface area contributed by atoms with Crippen LogP contribution < -0.4 is 0 Å². The fourth-order valence-electron chi connectivity index (χ4n) is 1.67. The van der Waals surface area contributed by atoms with Gasteiger partial charge in [0.05, 0.1) is 17.4 Å². The van der Waals surface area contributed by atoms with Crippen molar-refractivity contribution in [2.24, 2.45) is 7.05 Å². The van der Waals surface area contributed by atoms with Gasteiger partial charge in [-0.1, -0.05) is 6.92 Å². The highest BCUT2D eigenvalue weighted by atomic mass is 16.5. The molecular formula is C14H26BN2O2. The Bertz CT molecular complexity index is 402. The predicted molar refractivity (Wildman–Crippen MR) is 78.3 cm³/mol. The van der Waals surface area contributed by atoms with E-state index in [4.69, 9.17) is 9.39 Å². The molecule has 0 bridgehead atoms. The van der Waals surface area contributed by atoms with Crippen molar-refractivity contribution in [1.82, 2.24) is 9.78 Å². The first-order chi connectivity index (χ1) is 8.68. The molecule has 0 saturated heterocycles. The van der Waals surface area contributed by atoms with Crippen LogP contribution in [0, 0.1) is 0 Å². The number of methoxy groups -OCH3 is 1. The van der Waals surface area contributed by atoms with Gasteiger partial charge in [-0.15, -0.1) is 0 Å². The Kier molecular flexibility index (Phi) is 5.22. The molecule has 0 amide bonds. The van der Waals surface area contributed by atoms with Crippen molar-refractivity contribution in [3.05, 3.63) is 18.0 Å². The molecular weight excluding hydrogens is 239 g/mol. The van der Waals surface area contributed by atoms with Gasteiger partial charge in [0.1, 0.15) is 0 Å². The summed E-state index contributed by atoms with van der Waals surface area (Å²) >= 11 is 0. The van der Waals surface area contributed by atoms with Crippen LogP contribution in [0.4, 0.5) is 0 Å². The van der Waals surface area contributed by atoms with Gasteiger partial charge >= 0.3 is 0 Å². The summed E-state index contributed by atoms with van der Waals surface area (Å²) in [5, 5.41) is 4.17. The van der Waals surface area contributed by atoms with Crippen LogP contribution in [0.15, 0.2) is 12.4 Å². The van der Waals surface area contributed by atoms with Crippen molar-refractivity contribution < 1.29 is 9.39 Å². The number of aromatic nitrogens is 2. The van der Waals surface area contributed by atoms with E-state index in [1.165, 1.54) is 5.56 Å². The van der Waals surface area contributed by atoms with Crippen LogP contribution in [-0.4, -0.2) is 35.6 Å². The maximum absolute atomic E-state index is 5.95. The summed E-state index contributed by atoms with van der Waals surface area (Å²) in [4.78, 5) is 0. The molecule has 1 aromatic heterocycles. The molecule has 0 saturated carbocycles. The van der Waals surface area contributed by atoms with Gasteiger partial charge < -0.3 is 9.39 Å². The van der Waals surface area contributed by atoms with E-state index >= 15 is 0 Å². The highest BCUT2D eigenvalue weighted by molar-refractivity contribution is 6.29. The average molecular weight is 265 g/mol. The van der Waals surface area contributed by atoms with E-state index in [-0.39, 0.29) is 11.2 Å². The van der Waals surface area contributed by atoms with Crippen LogP contribution in [0.25, 0.3) is 0 Å². The molecule has 1 rings (SSSR count). The summed E-state index contributed by atoms with van der Waals surface area (Å²) in [7, 11) is 5.55. The molecule has 0 N–H and O–H groups in total. The molecule has 19 heavy (non-hydrogen) atoms. The number of hydrogen-bond acceptors (Lipinski definition) is 3. The van der Waals surface area contributed by atoms with Crippen LogP contribution in [0.1, 0.15) is 40.2 Å². The minimum absolute atomic E-state index is 0.330. The molecule has 1 heterocycles. The molecule has 0 aliphatic carbocycles. The summed E-state index contributed by atoms with van der Waals surface area (Å²) in [5.74, 6) is 0.330. The van der Waals surface area contributed by atoms with Gasteiger partial charge in [-0.2, -0.15) is 5.10 Å². The molecule has 1 unspecified atom stereocenters. The monoisotopic (exact) mass is 265 g/mol. The van der Waals surface area contributed by atoms with Gasteiger partial charge in [0.15, 0.2) is 0 Å². The average Bonchev–Trinajstić information content (AvgIpc) is 2.72. The lowest BCUT2D eigenvalue weighted by Gasteiger charge is -2.41. The van der Waals surface area contributed by atoms with Crippen molar-refractivity contribution in [3.63, 3.8) is 0 Å². The number of rotatable bonds is 7. The topological polar surface area (TPSA) is 36.3 Å². The van der Waals surface area contributed by atoms with Gasteiger partial charge in [0.2, 0.25) is 0 Å². The van der Waals surface area contributed by atoms with Crippen LogP contribution in [0.2, 0.25) is 5.82 Å². The summed E-state index contributed by atoms with van der Waals surface area (Å²) < 4.78 is 13.3. The molecule has 107 valence electrons. The summed E-state index contributed by atoms with van der Waals surface area (Å²) in [6.45, 7) is 10.3. The molecule has 1 atom stereocenters. The quantitative estimate of drug-likeness (QED) is 0.711. The van der Waals surface area contributed by atoms with Gasteiger partial charge in [-0.25, -0.2) is 0 Å². The molecule has 0 aliphatic heterocycles. The molecule has 0 spiro atoms. The second-order valence-electron chi connectivity index (χ2n) is 6.18. The minimum Gasteiger partial charge on any atom is -0.433 e. The van der Waals surface area contributed by atoms with Crippen LogP contribution in [0.5, 0.6) is 0 Å². The lowest BCUT2D eigenvalue weighted by Crippen LogP contribution is -2.49. The number of hydrogen-bond donors (Lipinski definition) is 0. The number of ether oxygens (including phenoxy) is 1. The molecule has 0 aliphatic rings. The van der Waals surface area contributed by atoms with E-state index in [2.05, 4.69) is 12.0 Å². The first kappa shape index (κ1) is 16.2. The van der Waals surface area contributed by atoms with Crippen LogP contribution in [0.3, 0.4) is 0 Å².